The highest BCUT2D eigenvalue weighted by Crippen LogP contribution is 2.10. The zero-order valence-corrected chi connectivity index (χ0v) is 7.02. The first-order chi connectivity index (χ1) is 6.25. The Morgan fingerprint density at radius 3 is 2.85 bits per heavy atom. The Bertz CT molecular complexity index is 420. The molecular weight excluding hydrogens is 168 g/mol. The topological polar surface area (TPSA) is 93.4 Å². The summed E-state index contributed by atoms with van der Waals surface area (Å²) in [6.45, 7) is 1.81. The smallest absolute Gasteiger partial charge is 0.239 e. The monoisotopic (exact) mass is 176 g/mol. The molecule has 2 heterocycles. The van der Waals surface area contributed by atoms with E-state index in [2.05, 4.69) is 25.1 Å². The predicted octanol–water partition coefficient (Wildman–Crippen LogP) is 0.152. The SMILES string of the molecule is Cc1nccc(-c2nc(N)n[nH]2)n1. The molecule has 0 aromatic carbocycles. The maximum Gasteiger partial charge on any atom is 0.239 e. The van der Waals surface area contributed by atoms with E-state index in [4.69, 9.17) is 5.73 Å². The lowest BCUT2D eigenvalue weighted by Crippen LogP contribution is -1.91. The van der Waals surface area contributed by atoms with Crippen molar-refractivity contribution in [2.75, 3.05) is 5.73 Å². The molecule has 0 saturated heterocycles. The van der Waals surface area contributed by atoms with Gasteiger partial charge in [0.25, 0.3) is 0 Å². The first kappa shape index (κ1) is 7.66. The standard InChI is InChI=1S/C7H8N6/c1-4-9-3-2-5(10-4)6-11-7(8)13-12-6/h2-3H,1H3,(H3,8,11,12,13). The summed E-state index contributed by atoms with van der Waals surface area (Å²) in [5, 5.41) is 6.38. The molecule has 0 aliphatic rings. The van der Waals surface area contributed by atoms with E-state index in [9.17, 15) is 0 Å². The summed E-state index contributed by atoms with van der Waals surface area (Å²) in [5.41, 5.74) is 6.05. The number of aromatic amines is 1. The maximum atomic E-state index is 5.36. The Hall–Kier alpha value is -1.98. The van der Waals surface area contributed by atoms with Gasteiger partial charge in [0, 0.05) is 6.20 Å². The number of anilines is 1. The van der Waals surface area contributed by atoms with Gasteiger partial charge in [0.05, 0.1) is 0 Å². The summed E-state index contributed by atoms with van der Waals surface area (Å²) in [5.74, 6) is 1.46. The van der Waals surface area contributed by atoms with E-state index in [1.807, 2.05) is 6.92 Å². The molecule has 0 aliphatic carbocycles. The third kappa shape index (κ3) is 1.46. The second-order valence-electron chi connectivity index (χ2n) is 2.53. The molecule has 2 rings (SSSR count). The van der Waals surface area contributed by atoms with Crippen molar-refractivity contribution in [1.82, 2.24) is 25.1 Å². The molecule has 0 saturated carbocycles. The fourth-order valence-corrected chi connectivity index (χ4v) is 0.977. The van der Waals surface area contributed by atoms with Crippen molar-refractivity contribution in [3.8, 4) is 11.5 Å². The molecule has 0 radical (unpaired) electrons. The highest BCUT2D eigenvalue weighted by molar-refractivity contribution is 5.49. The summed E-state index contributed by atoms with van der Waals surface area (Å²) in [6, 6.07) is 1.74. The van der Waals surface area contributed by atoms with Crippen LogP contribution in [0.25, 0.3) is 11.5 Å². The van der Waals surface area contributed by atoms with Crippen molar-refractivity contribution in [3.63, 3.8) is 0 Å². The summed E-state index contributed by atoms with van der Waals surface area (Å²) in [6.07, 6.45) is 1.66. The summed E-state index contributed by atoms with van der Waals surface area (Å²) in [4.78, 5) is 12.1. The van der Waals surface area contributed by atoms with Crippen LogP contribution in [0.3, 0.4) is 0 Å². The third-order valence-electron chi connectivity index (χ3n) is 1.52. The number of rotatable bonds is 1. The summed E-state index contributed by atoms with van der Waals surface area (Å²) < 4.78 is 0. The number of nitrogens with one attached hydrogen (secondary N) is 1. The van der Waals surface area contributed by atoms with Gasteiger partial charge < -0.3 is 5.73 Å². The average Bonchev–Trinajstić information content (AvgIpc) is 2.52. The minimum absolute atomic E-state index is 0.214. The molecule has 3 N–H and O–H groups in total. The molecule has 0 fully saturated rings. The van der Waals surface area contributed by atoms with Gasteiger partial charge in [-0.2, -0.15) is 4.98 Å². The molecule has 6 heteroatoms. The Morgan fingerprint density at radius 1 is 1.38 bits per heavy atom. The van der Waals surface area contributed by atoms with Gasteiger partial charge in [-0.3, -0.25) is 5.10 Å². The van der Waals surface area contributed by atoms with Gasteiger partial charge in [-0.25, -0.2) is 9.97 Å². The largest absolute Gasteiger partial charge is 0.366 e. The van der Waals surface area contributed by atoms with E-state index in [0.29, 0.717) is 17.3 Å². The van der Waals surface area contributed by atoms with Crippen LogP contribution >= 0.6 is 0 Å². The van der Waals surface area contributed by atoms with Gasteiger partial charge in [-0.05, 0) is 13.0 Å². The summed E-state index contributed by atoms with van der Waals surface area (Å²) in [7, 11) is 0. The van der Waals surface area contributed by atoms with Crippen LogP contribution in [-0.4, -0.2) is 25.1 Å². The van der Waals surface area contributed by atoms with Crippen LogP contribution in [0.5, 0.6) is 0 Å². The number of aromatic nitrogens is 5. The zero-order chi connectivity index (χ0) is 9.26. The van der Waals surface area contributed by atoms with E-state index in [-0.39, 0.29) is 5.95 Å². The van der Waals surface area contributed by atoms with Crippen molar-refractivity contribution < 1.29 is 0 Å². The molecule has 2 aromatic heterocycles. The van der Waals surface area contributed by atoms with Crippen LogP contribution in [0, 0.1) is 6.92 Å². The number of aryl methyl sites for hydroxylation is 1. The van der Waals surface area contributed by atoms with E-state index < -0.39 is 0 Å². The highest BCUT2D eigenvalue weighted by Gasteiger charge is 2.04. The third-order valence-corrected chi connectivity index (χ3v) is 1.52. The minimum atomic E-state index is 0.214. The fourth-order valence-electron chi connectivity index (χ4n) is 0.977. The van der Waals surface area contributed by atoms with Gasteiger partial charge in [0.2, 0.25) is 5.95 Å². The second kappa shape index (κ2) is 2.81. The zero-order valence-electron chi connectivity index (χ0n) is 7.02. The molecule has 66 valence electrons. The Balaban J connectivity index is 2.46. The molecule has 0 unspecified atom stereocenters. The highest BCUT2D eigenvalue weighted by atomic mass is 15.3. The van der Waals surface area contributed by atoms with Crippen molar-refractivity contribution in [2.45, 2.75) is 6.92 Å². The normalized spacial score (nSPS) is 10.2. The molecule has 0 aliphatic heterocycles. The Morgan fingerprint density at radius 2 is 2.23 bits per heavy atom. The average molecular weight is 176 g/mol. The number of hydrogen-bond acceptors (Lipinski definition) is 5. The first-order valence-electron chi connectivity index (χ1n) is 3.73. The van der Waals surface area contributed by atoms with Gasteiger partial charge in [-0.1, -0.05) is 0 Å². The van der Waals surface area contributed by atoms with Crippen LogP contribution in [0.1, 0.15) is 5.82 Å². The lowest BCUT2D eigenvalue weighted by atomic mass is 10.4. The number of H-pyrrole nitrogens is 1. The molecule has 2 aromatic rings. The predicted molar refractivity (Wildman–Crippen MR) is 46.6 cm³/mol. The number of nitrogens with two attached hydrogens (primary N) is 1. The van der Waals surface area contributed by atoms with Crippen LogP contribution in [0.15, 0.2) is 12.3 Å². The molecule has 13 heavy (non-hydrogen) atoms. The number of hydrogen-bond donors (Lipinski definition) is 2. The van der Waals surface area contributed by atoms with Crippen molar-refractivity contribution in [3.05, 3.63) is 18.1 Å². The van der Waals surface area contributed by atoms with E-state index in [0.717, 1.165) is 0 Å². The van der Waals surface area contributed by atoms with E-state index in [1.54, 1.807) is 12.3 Å². The lowest BCUT2D eigenvalue weighted by Gasteiger charge is -1.94. The van der Waals surface area contributed by atoms with Crippen LogP contribution in [-0.2, 0) is 0 Å². The molecule has 0 atom stereocenters. The number of nitrogens with zero attached hydrogens (tertiary/aromatic N) is 4. The van der Waals surface area contributed by atoms with Crippen LogP contribution in [0.2, 0.25) is 0 Å². The lowest BCUT2D eigenvalue weighted by molar-refractivity contribution is 1.03. The van der Waals surface area contributed by atoms with Gasteiger partial charge >= 0.3 is 0 Å². The van der Waals surface area contributed by atoms with Crippen molar-refractivity contribution in [1.29, 1.82) is 0 Å². The van der Waals surface area contributed by atoms with Crippen molar-refractivity contribution in [2.24, 2.45) is 0 Å². The minimum Gasteiger partial charge on any atom is -0.366 e. The Labute approximate surface area is 74.2 Å². The molecule has 0 amide bonds. The van der Waals surface area contributed by atoms with Crippen LogP contribution in [0.4, 0.5) is 5.95 Å². The Kier molecular flexibility index (Phi) is 1.66. The van der Waals surface area contributed by atoms with Crippen molar-refractivity contribution >= 4 is 5.95 Å². The molecule has 0 spiro atoms. The summed E-state index contributed by atoms with van der Waals surface area (Å²) >= 11 is 0. The van der Waals surface area contributed by atoms with Gasteiger partial charge in [-0.15, -0.1) is 5.10 Å². The van der Waals surface area contributed by atoms with E-state index in [1.165, 1.54) is 0 Å². The molecule has 0 bridgehead atoms. The molecule has 6 nitrogen and oxygen atoms in total. The fraction of sp³-hybridized carbons (Fsp3) is 0.143. The molecular formula is C7H8N6. The second-order valence-corrected chi connectivity index (χ2v) is 2.53. The quantitative estimate of drug-likeness (QED) is 0.645. The number of nitrogen functional groups attached to an aromatic ring is 1. The first-order valence-corrected chi connectivity index (χ1v) is 3.73. The van der Waals surface area contributed by atoms with Gasteiger partial charge in [0.15, 0.2) is 5.82 Å². The van der Waals surface area contributed by atoms with Crippen LogP contribution < -0.4 is 5.73 Å². The maximum absolute atomic E-state index is 5.36. The van der Waals surface area contributed by atoms with Gasteiger partial charge in [0.1, 0.15) is 11.5 Å². The van der Waals surface area contributed by atoms with E-state index >= 15 is 0 Å².